The predicted molar refractivity (Wildman–Crippen MR) is 122 cm³/mol. The van der Waals surface area contributed by atoms with Crippen LogP contribution in [0.25, 0.3) is 0 Å². The number of nitrogens with one attached hydrogen (secondary N) is 1. The molecular weight excluding hydrogens is 412 g/mol. The van der Waals surface area contributed by atoms with Gasteiger partial charge >= 0.3 is 0 Å². The molecule has 7 heteroatoms. The quantitative estimate of drug-likeness (QED) is 0.629. The van der Waals surface area contributed by atoms with Gasteiger partial charge in [-0.25, -0.2) is 8.42 Å². The van der Waals surface area contributed by atoms with Crippen LogP contribution in [0.15, 0.2) is 47.4 Å². The Morgan fingerprint density at radius 3 is 2.45 bits per heavy atom. The number of piperidine rings is 1. The number of nitrogens with zero attached hydrogens (tertiary/aromatic N) is 1. The molecule has 168 valence electrons. The van der Waals surface area contributed by atoms with Gasteiger partial charge in [-0.05, 0) is 67.5 Å². The first kappa shape index (κ1) is 23.3. The molecule has 0 radical (unpaired) electrons. The van der Waals surface area contributed by atoms with E-state index < -0.39 is 10.0 Å². The molecule has 6 nitrogen and oxygen atoms in total. The van der Waals surface area contributed by atoms with E-state index in [9.17, 15) is 13.2 Å². The Balaban J connectivity index is 1.60. The molecule has 1 aliphatic rings. The lowest BCUT2D eigenvalue weighted by Gasteiger charge is -2.29. The molecule has 1 amide bonds. The molecule has 1 heterocycles. The van der Waals surface area contributed by atoms with Gasteiger partial charge in [0, 0.05) is 18.7 Å². The highest BCUT2D eigenvalue weighted by atomic mass is 32.2. The summed E-state index contributed by atoms with van der Waals surface area (Å²) in [6, 6.07) is 12.6. The van der Waals surface area contributed by atoms with Crippen LogP contribution in [-0.4, -0.2) is 44.9 Å². The van der Waals surface area contributed by atoms with Crippen molar-refractivity contribution in [3.63, 3.8) is 0 Å². The fraction of sp³-hybridized carbons (Fsp3) is 0.458. The molecule has 0 spiro atoms. The third-order valence-corrected chi connectivity index (χ3v) is 7.72. The molecule has 0 atom stereocenters. The standard InChI is InChI=1S/C24H32N2O4S/c1-4-20-6-8-21(9-7-20)30-16-13-25-24(27)23-17-22(10-5-19(23)3)31(28,29)26-14-11-18(2)12-15-26/h5-10,17-18H,4,11-16H2,1-3H3,(H,25,27). The van der Waals surface area contributed by atoms with Gasteiger partial charge in [-0.15, -0.1) is 0 Å². The number of hydrogen-bond acceptors (Lipinski definition) is 4. The normalized spacial score (nSPS) is 15.6. The number of sulfonamides is 1. The van der Waals surface area contributed by atoms with E-state index in [1.807, 2.05) is 24.3 Å². The highest BCUT2D eigenvalue weighted by Gasteiger charge is 2.28. The van der Waals surface area contributed by atoms with Crippen molar-refractivity contribution in [2.45, 2.75) is 44.9 Å². The van der Waals surface area contributed by atoms with Crippen LogP contribution in [0.5, 0.6) is 5.75 Å². The molecule has 1 fully saturated rings. The molecule has 1 N–H and O–H groups in total. The molecule has 3 rings (SSSR count). The van der Waals surface area contributed by atoms with Gasteiger partial charge in [-0.2, -0.15) is 4.31 Å². The van der Waals surface area contributed by atoms with E-state index in [-0.39, 0.29) is 10.8 Å². The zero-order valence-corrected chi connectivity index (χ0v) is 19.4. The van der Waals surface area contributed by atoms with Crippen molar-refractivity contribution in [3.05, 3.63) is 59.2 Å². The molecule has 0 unspecified atom stereocenters. The lowest BCUT2D eigenvalue weighted by atomic mass is 10.0. The third-order valence-electron chi connectivity index (χ3n) is 5.82. The van der Waals surface area contributed by atoms with E-state index in [1.165, 1.54) is 15.9 Å². The van der Waals surface area contributed by atoms with Crippen LogP contribution in [-0.2, 0) is 16.4 Å². The van der Waals surface area contributed by atoms with Crippen LogP contribution >= 0.6 is 0 Å². The van der Waals surface area contributed by atoms with E-state index in [0.717, 1.165) is 30.6 Å². The lowest BCUT2D eigenvalue weighted by molar-refractivity contribution is 0.0946. The first-order valence-electron chi connectivity index (χ1n) is 10.9. The molecule has 1 saturated heterocycles. The Morgan fingerprint density at radius 1 is 1.13 bits per heavy atom. The second-order valence-corrected chi connectivity index (χ2v) is 10.1. The topological polar surface area (TPSA) is 75.7 Å². The summed E-state index contributed by atoms with van der Waals surface area (Å²) in [6.07, 6.45) is 2.70. The summed E-state index contributed by atoms with van der Waals surface area (Å²) >= 11 is 0. The van der Waals surface area contributed by atoms with Crippen LogP contribution in [0.4, 0.5) is 0 Å². The van der Waals surface area contributed by atoms with Crippen molar-refractivity contribution in [1.82, 2.24) is 9.62 Å². The van der Waals surface area contributed by atoms with Gasteiger partial charge in [-0.3, -0.25) is 4.79 Å². The van der Waals surface area contributed by atoms with E-state index in [4.69, 9.17) is 4.74 Å². The van der Waals surface area contributed by atoms with Crippen LogP contribution in [0, 0.1) is 12.8 Å². The molecule has 2 aromatic rings. The number of rotatable bonds is 8. The van der Waals surface area contributed by atoms with Crippen molar-refractivity contribution in [2.75, 3.05) is 26.2 Å². The van der Waals surface area contributed by atoms with Crippen molar-refractivity contribution in [2.24, 2.45) is 5.92 Å². The summed E-state index contributed by atoms with van der Waals surface area (Å²) in [5.74, 6) is 0.996. The molecule has 0 saturated carbocycles. The van der Waals surface area contributed by atoms with Crippen molar-refractivity contribution < 1.29 is 17.9 Å². The third kappa shape index (κ3) is 5.86. The molecule has 0 aromatic heterocycles. The molecule has 2 aromatic carbocycles. The number of ether oxygens (including phenoxy) is 1. The molecular formula is C24H32N2O4S. The van der Waals surface area contributed by atoms with Gasteiger partial charge in [0.2, 0.25) is 10.0 Å². The van der Waals surface area contributed by atoms with E-state index in [0.29, 0.717) is 37.7 Å². The Labute approximate surface area is 185 Å². The zero-order valence-electron chi connectivity index (χ0n) is 18.6. The van der Waals surface area contributed by atoms with Crippen molar-refractivity contribution in [1.29, 1.82) is 0 Å². The number of aryl methyl sites for hydroxylation is 2. The van der Waals surface area contributed by atoms with Crippen LogP contribution in [0.2, 0.25) is 0 Å². The number of carbonyl (C=O) groups is 1. The number of carbonyl (C=O) groups excluding carboxylic acids is 1. The monoisotopic (exact) mass is 444 g/mol. The lowest BCUT2D eigenvalue weighted by Crippen LogP contribution is -2.38. The summed E-state index contributed by atoms with van der Waals surface area (Å²) in [5.41, 5.74) is 2.35. The fourth-order valence-corrected chi connectivity index (χ4v) is 5.13. The van der Waals surface area contributed by atoms with Gasteiger partial charge < -0.3 is 10.1 Å². The molecule has 1 aliphatic heterocycles. The first-order chi connectivity index (χ1) is 14.8. The summed E-state index contributed by atoms with van der Waals surface area (Å²) in [4.78, 5) is 12.9. The zero-order chi connectivity index (χ0) is 22.4. The van der Waals surface area contributed by atoms with Gasteiger partial charge in [0.1, 0.15) is 12.4 Å². The maximum Gasteiger partial charge on any atom is 0.251 e. The van der Waals surface area contributed by atoms with Gasteiger partial charge in [0.05, 0.1) is 11.4 Å². The average molecular weight is 445 g/mol. The second-order valence-electron chi connectivity index (χ2n) is 8.17. The number of hydrogen-bond donors (Lipinski definition) is 1. The summed E-state index contributed by atoms with van der Waals surface area (Å²) in [7, 11) is -3.60. The van der Waals surface area contributed by atoms with E-state index in [2.05, 4.69) is 19.2 Å². The van der Waals surface area contributed by atoms with Crippen molar-refractivity contribution >= 4 is 15.9 Å². The van der Waals surface area contributed by atoms with E-state index in [1.54, 1.807) is 19.1 Å². The summed E-state index contributed by atoms with van der Waals surface area (Å²) < 4.78 is 33.2. The average Bonchev–Trinajstić information content (AvgIpc) is 2.77. The Kier molecular flexibility index (Phi) is 7.73. The fourth-order valence-electron chi connectivity index (χ4n) is 3.63. The molecule has 0 aliphatic carbocycles. The molecule has 0 bridgehead atoms. The smallest absolute Gasteiger partial charge is 0.251 e. The minimum absolute atomic E-state index is 0.171. The van der Waals surface area contributed by atoms with Gasteiger partial charge in [-0.1, -0.05) is 32.0 Å². The Bertz CT molecular complexity index is 995. The van der Waals surface area contributed by atoms with Gasteiger partial charge in [0.15, 0.2) is 0 Å². The van der Waals surface area contributed by atoms with Crippen molar-refractivity contribution in [3.8, 4) is 5.75 Å². The van der Waals surface area contributed by atoms with E-state index >= 15 is 0 Å². The highest BCUT2D eigenvalue weighted by Crippen LogP contribution is 2.25. The highest BCUT2D eigenvalue weighted by molar-refractivity contribution is 7.89. The number of amides is 1. The Hall–Kier alpha value is -2.38. The second kappa shape index (κ2) is 10.3. The minimum atomic E-state index is -3.60. The largest absolute Gasteiger partial charge is 0.492 e. The van der Waals surface area contributed by atoms with Gasteiger partial charge in [0.25, 0.3) is 5.91 Å². The van der Waals surface area contributed by atoms with Crippen LogP contribution in [0.3, 0.4) is 0 Å². The van der Waals surface area contributed by atoms with Crippen LogP contribution < -0.4 is 10.1 Å². The summed E-state index contributed by atoms with van der Waals surface area (Å²) in [6.45, 7) is 7.75. The number of benzene rings is 2. The Morgan fingerprint density at radius 2 is 1.81 bits per heavy atom. The van der Waals surface area contributed by atoms with Crippen LogP contribution in [0.1, 0.15) is 48.2 Å². The molecule has 31 heavy (non-hydrogen) atoms. The first-order valence-corrected chi connectivity index (χ1v) is 12.4. The SMILES string of the molecule is CCc1ccc(OCCNC(=O)c2cc(S(=O)(=O)N3CCC(C)CC3)ccc2C)cc1. The maximum absolute atomic E-state index is 13.0. The maximum atomic E-state index is 13.0. The summed E-state index contributed by atoms with van der Waals surface area (Å²) in [5, 5.41) is 2.82. The minimum Gasteiger partial charge on any atom is -0.492 e. The predicted octanol–water partition coefficient (Wildman–Crippen LogP) is 3.79.